The lowest BCUT2D eigenvalue weighted by Crippen LogP contribution is -2.32. The van der Waals surface area contributed by atoms with Gasteiger partial charge in [-0.1, -0.05) is 36.4 Å². The van der Waals surface area contributed by atoms with Gasteiger partial charge < -0.3 is 14.5 Å². The highest BCUT2D eigenvalue weighted by molar-refractivity contribution is 7.91. The minimum atomic E-state index is -3.72. The molecule has 0 saturated carbocycles. The second-order valence-electron chi connectivity index (χ2n) is 6.08. The van der Waals surface area contributed by atoms with Crippen LogP contribution in [-0.2, 0) is 14.6 Å². The monoisotopic (exact) mass is 399 g/mol. The van der Waals surface area contributed by atoms with Gasteiger partial charge >= 0.3 is 0 Å². The lowest BCUT2D eigenvalue weighted by Gasteiger charge is -2.16. The van der Waals surface area contributed by atoms with Gasteiger partial charge in [-0.05, 0) is 36.4 Å². The van der Waals surface area contributed by atoms with Crippen LogP contribution in [0, 0.1) is 0 Å². The molecule has 0 aliphatic heterocycles. The van der Waals surface area contributed by atoms with Crippen molar-refractivity contribution in [3.8, 4) is 5.75 Å². The number of benzene rings is 2. The first-order valence-corrected chi connectivity index (χ1v) is 10.4. The van der Waals surface area contributed by atoms with E-state index >= 15 is 0 Å². The van der Waals surface area contributed by atoms with Crippen LogP contribution in [0.25, 0.3) is 0 Å². The van der Waals surface area contributed by atoms with Gasteiger partial charge in [0.25, 0.3) is 0 Å². The van der Waals surface area contributed by atoms with Crippen LogP contribution < -0.4 is 10.1 Å². The topological polar surface area (TPSA) is 85.6 Å². The average Bonchev–Trinajstić information content (AvgIpc) is 3.24. The fraction of sp³-hybridized carbons (Fsp3) is 0.190. The van der Waals surface area contributed by atoms with E-state index in [2.05, 4.69) is 5.32 Å². The van der Waals surface area contributed by atoms with E-state index in [4.69, 9.17) is 9.15 Å². The SMILES string of the molecule is O=C(CCOc1ccccc1)NCC(c1ccco1)S(=O)(=O)c1ccccc1. The van der Waals surface area contributed by atoms with Crippen molar-refractivity contribution in [3.63, 3.8) is 0 Å². The molecule has 0 aliphatic carbocycles. The molecular formula is C21H21NO5S. The van der Waals surface area contributed by atoms with Gasteiger partial charge in [-0.15, -0.1) is 0 Å². The van der Waals surface area contributed by atoms with E-state index in [0.29, 0.717) is 5.75 Å². The number of sulfone groups is 1. The van der Waals surface area contributed by atoms with E-state index in [0.717, 1.165) is 0 Å². The Bertz CT molecular complexity index is 970. The van der Waals surface area contributed by atoms with Crippen LogP contribution in [0.3, 0.4) is 0 Å². The molecular weight excluding hydrogens is 378 g/mol. The van der Waals surface area contributed by atoms with Crippen molar-refractivity contribution in [2.24, 2.45) is 0 Å². The number of carbonyl (C=O) groups excluding carboxylic acids is 1. The fourth-order valence-corrected chi connectivity index (χ4v) is 4.29. The molecule has 1 heterocycles. The van der Waals surface area contributed by atoms with Crippen molar-refractivity contribution in [2.75, 3.05) is 13.2 Å². The first-order valence-electron chi connectivity index (χ1n) is 8.84. The standard InChI is InChI=1S/C21H21NO5S/c23-21(13-15-26-17-8-3-1-4-9-17)22-16-20(19-12-7-14-27-19)28(24,25)18-10-5-2-6-11-18/h1-12,14,20H,13,15-16H2,(H,22,23). The quantitative estimate of drug-likeness (QED) is 0.596. The molecule has 2 aromatic carbocycles. The molecule has 7 heteroatoms. The van der Waals surface area contributed by atoms with Gasteiger partial charge in [-0.2, -0.15) is 0 Å². The molecule has 0 aliphatic rings. The molecule has 3 aromatic rings. The van der Waals surface area contributed by atoms with E-state index in [1.807, 2.05) is 18.2 Å². The van der Waals surface area contributed by atoms with Crippen LogP contribution in [0.2, 0.25) is 0 Å². The minimum absolute atomic E-state index is 0.0884. The zero-order valence-corrected chi connectivity index (χ0v) is 16.0. The highest BCUT2D eigenvalue weighted by Crippen LogP contribution is 2.28. The van der Waals surface area contributed by atoms with Crippen molar-refractivity contribution >= 4 is 15.7 Å². The molecule has 0 fully saturated rings. The Hall–Kier alpha value is -3.06. The molecule has 0 spiro atoms. The molecule has 6 nitrogen and oxygen atoms in total. The number of hydrogen-bond donors (Lipinski definition) is 1. The molecule has 1 N–H and O–H groups in total. The number of carbonyl (C=O) groups is 1. The fourth-order valence-electron chi connectivity index (χ4n) is 2.69. The van der Waals surface area contributed by atoms with E-state index in [1.54, 1.807) is 42.5 Å². The second-order valence-corrected chi connectivity index (χ2v) is 8.21. The smallest absolute Gasteiger partial charge is 0.223 e. The molecule has 1 atom stereocenters. The summed E-state index contributed by atoms with van der Waals surface area (Å²) in [5.74, 6) is 0.663. The summed E-state index contributed by atoms with van der Waals surface area (Å²) >= 11 is 0. The van der Waals surface area contributed by atoms with Gasteiger partial charge in [-0.3, -0.25) is 4.79 Å². The Labute approximate surface area is 164 Å². The van der Waals surface area contributed by atoms with E-state index in [9.17, 15) is 13.2 Å². The Morgan fingerprint density at radius 1 is 0.964 bits per heavy atom. The van der Waals surface area contributed by atoms with E-state index in [-0.39, 0.29) is 36.1 Å². The lowest BCUT2D eigenvalue weighted by molar-refractivity contribution is -0.121. The van der Waals surface area contributed by atoms with Gasteiger partial charge in [0.05, 0.1) is 24.2 Å². The predicted octanol–water partition coefficient (Wildman–Crippen LogP) is 3.38. The molecule has 0 bridgehead atoms. The van der Waals surface area contributed by atoms with Crippen LogP contribution in [0.15, 0.2) is 88.4 Å². The highest BCUT2D eigenvalue weighted by atomic mass is 32.2. The molecule has 1 unspecified atom stereocenters. The predicted molar refractivity (Wildman–Crippen MR) is 105 cm³/mol. The summed E-state index contributed by atoms with van der Waals surface area (Å²) in [6.07, 6.45) is 1.53. The van der Waals surface area contributed by atoms with Crippen LogP contribution in [-0.4, -0.2) is 27.5 Å². The number of amides is 1. The number of ether oxygens (including phenoxy) is 1. The second kappa shape index (κ2) is 9.23. The van der Waals surface area contributed by atoms with E-state index < -0.39 is 15.1 Å². The number of nitrogens with one attached hydrogen (secondary N) is 1. The van der Waals surface area contributed by atoms with Crippen LogP contribution in [0.1, 0.15) is 17.4 Å². The third-order valence-corrected chi connectivity index (χ3v) is 6.21. The maximum absolute atomic E-state index is 13.0. The molecule has 0 saturated heterocycles. The van der Waals surface area contributed by atoms with Gasteiger partial charge in [0, 0.05) is 6.54 Å². The zero-order chi connectivity index (χ0) is 19.8. The van der Waals surface area contributed by atoms with Crippen molar-refractivity contribution < 1.29 is 22.4 Å². The highest BCUT2D eigenvalue weighted by Gasteiger charge is 2.31. The molecule has 28 heavy (non-hydrogen) atoms. The summed E-state index contributed by atoms with van der Waals surface area (Å²) in [7, 11) is -3.72. The lowest BCUT2D eigenvalue weighted by atomic mass is 10.3. The summed E-state index contributed by atoms with van der Waals surface area (Å²) in [4.78, 5) is 12.3. The first kappa shape index (κ1) is 19.7. The van der Waals surface area contributed by atoms with Crippen molar-refractivity contribution in [2.45, 2.75) is 16.6 Å². The van der Waals surface area contributed by atoms with Crippen LogP contribution in [0.5, 0.6) is 5.75 Å². The average molecular weight is 399 g/mol. The Morgan fingerprint density at radius 2 is 1.64 bits per heavy atom. The largest absolute Gasteiger partial charge is 0.493 e. The number of para-hydroxylation sites is 1. The Balaban J connectivity index is 1.62. The maximum Gasteiger partial charge on any atom is 0.223 e. The van der Waals surface area contributed by atoms with Gasteiger partial charge in [-0.25, -0.2) is 8.42 Å². The van der Waals surface area contributed by atoms with Gasteiger partial charge in [0.2, 0.25) is 5.91 Å². The van der Waals surface area contributed by atoms with Gasteiger partial charge in [0.15, 0.2) is 9.84 Å². The Kier molecular flexibility index (Phi) is 6.49. The van der Waals surface area contributed by atoms with Crippen LogP contribution >= 0.6 is 0 Å². The van der Waals surface area contributed by atoms with Crippen molar-refractivity contribution in [3.05, 3.63) is 84.8 Å². The van der Waals surface area contributed by atoms with Crippen molar-refractivity contribution in [1.82, 2.24) is 5.32 Å². The molecule has 3 rings (SSSR count). The summed E-state index contributed by atoms with van der Waals surface area (Å²) in [6, 6.07) is 20.5. The minimum Gasteiger partial charge on any atom is -0.493 e. The summed E-state index contributed by atoms with van der Waals surface area (Å²) in [6.45, 7) is 0.113. The zero-order valence-electron chi connectivity index (χ0n) is 15.2. The first-order chi connectivity index (χ1) is 13.6. The summed E-state index contributed by atoms with van der Waals surface area (Å²) in [5, 5.41) is 1.66. The number of rotatable bonds is 9. The molecule has 1 aromatic heterocycles. The molecule has 1 amide bonds. The number of furan rings is 1. The maximum atomic E-state index is 13.0. The molecule has 146 valence electrons. The van der Waals surface area contributed by atoms with E-state index in [1.165, 1.54) is 18.4 Å². The summed E-state index contributed by atoms with van der Waals surface area (Å²) in [5.41, 5.74) is 0. The third kappa shape index (κ3) is 5.01. The number of hydrogen-bond acceptors (Lipinski definition) is 5. The molecule has 0 radical (unpaired) electrons. The normalized spacial score (nSPS) is 12.3. The Morgan fingerprint density at radius 3 is 2.29 bits per heavy atom. The van der Waals surface area contributed by atoms with Crippen molar-refractivity contribution in [1.29, 1.82) is 0 Å². The summed E-state index contributed by atoms with van der Waals surface area (Å²) < 4.78 is 36.8. The van der Waals surface area contributed by atoms with Gasteiger partial charge in [0.1, 0.15) is 16.8 Å². The third-order valence-electron chi connectivity index (χ3n) is 4.13. The van der Waals surface area contributed by atoms with Crippen LogP contribution in [0.4, 0.5) is 0 Å².